The number of hydrogen-bond donors (Lipinski definition) is 0. The molecule has 5 rings (SSSR count). The second-order valence-corrected chi connectivity index (χ2v) is 6.72. The van der Waals surface area contributed by atoms with Crippen LogP contribution < -0.4 is 5.56 Å². The zero-order valence-corrected chi connectivity index (χ0v) is 14.4. The standard InChI is InChI=1S/C20H16FN5O/c21-15-6-2-4-8-17(15)26-18(23-19(24-26)13-9-10-13)11-25-12-22-16-7-3-1-5-14(16)20(25)27/h1-8,12-13H,9-11H2. The molecule has 7 heteroatoms. The number of halogens is 1. The highest BCUT2D eigenvalue weighted by atomic mass is 19.1. The molecule has 1 saturated carbocycles. The molecule has 0 saturated heterocycles. The van der Waals surface area contributed by atoms with Crippen LogP contribution in [-0.2, 0) is 6.54 Å². The molecular weight excluding hydrogens is 345 g/mol. The molecule has 0 atom stereocenters. The lowest BCUT2D eigenvalue weighted by atomic mass is 10.2. The first-order valence-electron chi connectivity index (χ1n) is 8.85. The summed E-state index contributed by atoms with van der Waals surface area (Å²) >= 11 is 0. The minimum absolute atomic E-state index is 0.156. The molecule has 0 radical (unpaired) electrons. The van der Waals surface area contributed by atoms with Gasteiger partial charge in [-0.15, -0.1) is 0 Å². The Balaban J connectivity index is 1.62. The van der Waals surface area contributed by atoms with E-state index in [2.05, 4.69) is 15.1 Å². The molecule has 2 aromatic heterocycles. The molecule has 0 aliphatic heterocycles. The molecule has 0 spiro atoms. The molecule has 0 bridgehead atoms. The van der Waals surface area contributed by atoms with Crippen molar-refractivity contribution in [2.75, 3.05) is 0 Å². The summed E-state index contributed by atoms with van der Waals surface area (Å²) in [5.74, 6) is 1.16. The van der Waals surface area contributed by atoms with Crippen molar-refractivity contribution in [3.8, 4) is 5.69 Å². The van der Waals surface area contributed by atoms with E-state index in [1.807, 2.05) is 12.1 Å². The molecule has 0 unspecified atom stereocenters. The van der Waals surface area contributed by atoms with E-state index < -0.39 is 0 Å². The summed E-state index contributed by atoms with van der Waals surface area (Å²) in [6.07, 6.45) is 3.58. The van der Waals surface area contributed by atoms with Crippen molar-refractivity contribution in [3.05, 3.63) is 82.7 Å². The Labute approximate surface area is 153 Å². The van der Waals surface area contributed by atoms with Gasteiger partial charge in [0.25, 0.3) is 5.56 Å². The van der Waals surface area contributed by atoms with Crippen LogP contribution in [0.4, 0.5) is 4.39 Å². The summed E-state index contributed by atoms with van der Waals surface area (Å²) in [6, 6.07) is 13.6. The predicted molar refractivity (Wildman–Crippen MR) is 98.4 cm³/mol. The number of rotatable bonds is 4. The van der Waals surface area contributed by atoms with Gasteiger partial charge in [0.1, 0.15) is 11.5 Å². The van der Waals surface area contributed by atoms with Crippen LogP contribution in [0.15, 0.2) is 59.7 Å². The fraction of sp³-hybridized carbons (Fsp3) is 0.200. The van der Waals surface area contributed by atoms with Crippen molar-refractivity contribution in [1.82, 2.24) is 24.3 Å². The molecule has 0 amide bonds. The Morgan fingerprint density at radius 3 is 2.67 bits per heavy atom. The number of benzene rings is 2. The van der Waals surface area contributed by atoms with Crippen LogP contribution in [-0.4, -0.2) is 24.3 Å². The predicted octanol–water partition coefficient (Wildman–Crippen LogP) is 3.04. The van der Waals surface area contributed by atoms with Gasteiger partial charge in [-0.1, -0.05) is 24.3 Å². The van der Waals surface area contributed by atoms with E-state index in [1.54, 1.807) is 30.3 Å². The normalized spacial score (nSPS) is 14.0. The highest BCUT2D eigenvalue weighted by molar-refractivity contribution is 5.76. The SMILES string of the molecule is O=c1c2ccccc2ncn1Cc1nc(C2CC2)nn1-c1ccccc1F. The summed E-state index contributed by atoms with van der Waals surface area (Å²) < 4.78 is 17.3. The number of para-hydroxylation sites is 2. The number of hydrogen-bond acceptors (Lipinski definition) is 4. The summed E-state index contributed by atoms with van der Waals surface area (Å²) in [6.45, 7) is 0.171. The topological polar surface area (TPSA) is 65.6 Å². The molecule has 27 heavy (non-hydrogen) atoms. The van der Waals surface area contributed by atoms with E-state index >= 15 is 0 Å². The van der Waals surface area contributed by atoms with E-state index in [9.17, 15) is 9.18 Å². The van der Waals surface area contributed by atoms with E-state index in [1.165, 1.54) is 21.6 Å². The Kier molecular flexibility index (Phi) is 3.60. The molecule has 2 heterocycles. The minimum Gasteiger partial charge on any atom is -0.291 e. The van der Waals surface area contributed by atoms with Gasteiger partial charge in [-0.25, -0.2) is 19.0 Å². The number of fused-ring (bicyclic) bond motifs is 1. The highest BCUT2D eigenvalue weighted by Gasteiger charge is 2.29. The summed E-state index contributed by atoms with van der Waals surface area (Å²) in [5, 5.41) is 5.06. The molecule has 134 valence electrons. The first-order valence-corrected chi connectivity index (χ1v) is 8.85. The summed E-state index contributed by atoms with van der Waals surface area (Å²) in [4.78, 5) is 21.7. The molecule has 6 nitrogen and oxygen atoms in total. The van der Waals surface area contributed by atoms with Crippen LogP contribution in [0.25, 0.3) is 16.6 Å². The Hall–Kier alpha value is -3.35. The first kappa shape index (κ1) is 15.9. The van der Waals surface area contributed by atoms with Crippen molar-refractivity contribution >= 4 is 10.9 Å². The van der Waals surface area contributed by atoms with Crippen LogP contribution in [0.5, 0.6) is 0 Å². The summed E-state index contributed by atoms with van der Waals surface area (Å²) in [5.41, 5.74) is 0.818. The average molecular weight is 361 g/mol. The maximum Gasteiger partial charge on any atom is 0.261 e. The average Bonchev–Trinajstić information content (AvgIpc) is 3.46. The van der Waals surface area contributed by atoms with Gasteiger partial charge < -0.3 is 0 Å². The zero-order chi connectivity index (χ0) is 18.4. The highest BCUT2D eigenvalue weighted by Crippen LogP contribution is 2.38. The smallest absolute Gasteiger partial charge is 0.261 e. The molecule has 2 aromatic carbocycles. The van der Waals surface area contributed by atoms with Crippen LogP contribution >= 0.6 is 0 Å². The third-order valence-electron chi connectivity index (χ3n) is 4.76. The second kappa shape index (κ2) is 6.12. The Bertz CT molecular complexity index is 1210. The second-order valence-electron chi connectivity index (χ2n) is 6.72. The third-order valence-corrected chi connectivity index (χ3v) is 4.76. The van der Waals surface area contributed by atoms with Crippen molar-refractivity contribution in [3.63, 3.8) is 0 Å². The van der Waals surface area contributed by atoms with Gasteiger partial charge in [0.05, 0.1) is 23.8 Å². The lowest BCUT2D eigenvalue weighted by Crippen LogP contribution is -2.23. The van der Waals surface area contributed by atoms with Crippen LogP contribution in [0.2, 0.25) is 0 Å². The molecule has 1 aliphatic rings. The van der Waals surface area contributed by atoms with Crippen molar-refractivity contribution in [1.29, 1.82) is 0 Å². The maximum atomic E-state index is 14.3. The van der Waals surface area contributed by atoms with Gasteiger partial charge in [0.15, 0.2) is 11.6 Å². The van der Waals surface area contributed by atoms with Gasteiger partial charge in [-0.05, 0) is 37.1 Å². The zero-order valence-electron chi connectivity index (χ0n) is 14.4. The Morgan fingerprint density at radius 2 is 1.85 bits per heavy atom. The fourth-order valence-corrected chi connectivity index (χ4v) is 3.17. The van der Waals surface area contributed by atoms with E-state index in [0.29, 0.717) is 34.2 Å². The lowest BCUT2D eigenvalue weighted by Gasteiger charge is -2.09. The number of nitrogens with zero attached hydrogens (tertiary/aromatic N) is 5. The van der Waals surface area contributed by atoms with Gasteiger partial charge in [0, 0.05) is 5.92 Å². The molecule has 4 aromatic rings. The molecular formula is C20H16FN5O. The van der Waals surface area contributed by atoms with E-state index in [-0.39, 0.29) is 17.9 Å². The van der Waals surface area contributed by atoms with Crippen molar-refractivity contribution in [2.24, 2.45) is 0 Å². The van der Waals surface area contributed by atoms with Gasteiger partial charge in [0.2, 0.25) is 0 Å². The van der Waals surface area contributed by atoms with Crippen molar-refractivity contribution < 1.29 is 4.39 Å². The van der Waals surface area contributed by atoms with E-state index in [0.717, 1.165) is 12.8 Å². The Morgan fingerprint density at radius 1 is 1.07 bits per heavy atom. The van der Waals surface area contributed by atoms with Crippen molar-refractivity contribution in [2.45, 2.75) is 25.3 Å². The van der Waals surface area contributed by atoms with Gasteiger partial charge in [-0.2, -0.15) is 5.10 Å². The van der Waals surface area contributed by atoms with E-state index in [4.69, 9.17) is 0 Å². The van der Waals surface area contributed by atoms with Gasteiger partial charge >= 0.3 is 0 Å². The van der Waals surface area contributed by atoms with Crippen LogP contribution in [0.3, 0.4) is 0 Å². The molecule has 0 N–H and O–H groups in total. The first-order chi connectivity index (χ1) is 13.2. The lowest BCUT2D eigenvalue weighted by molar-refractivity contribution is 0.598. The fourth-order valence-electron chi connectivity index (χ4n) is 3.17. The maximum absolute atomic E-state index is 14.3. The largest absolute Gasteiger partial charge is 0.291 e. The number of aromatic nitrogens is 5. The third kappa shape index (κ3) is 2.81. The minimum atomic E-state index is -0.380. The molecule has 1 aliphatic carbocycles. The quantitative estimate of drug-likeness (QED) is 0.560. The molecule has 1 fully saturated rings. The van der Waals surface area contributed by atoms with Gasteiger partial charge in [-0.3, -0.25) is 9.36 Å². The monoisotopic (exact) mass is 361 g/mol. The van der Waals surface area contributed by atoms with Crippen LogP contribution in [0.1, 0.15) is 30.4 Å². The summed E-state index contributed by atoms with van der Waals surface area (Å²) in [7, 11) is 0. The van der Waals surface area contributed by atoms with Crippen LogP contribution in [0, 0.1) is 5.82 Å².